The van der Waals surface area contributed by atoms with Crippen LogP contribution in [-0.4, -0.2) is 45.0 Å². The number of rotatable bonds is 9. The molecule has 0 aliphatic carbocycles. The number of carbonyl (C=O) groups excluding carboxylic acids is 3. The Morgan fingerprint density at radius 3 is 1.81 bits per heavy atom. The van der Waals surface area contributed by atoms with E-state index < -0.39 is 30.0 Å². The van der Waals surface area contributed by atoms with Gasteiger partial charge in [-0.3, -0.25) is 9.59 Å². The third-order valence-corrected chi connectivity index (χ3v) is 3.44. The summed E-state index contributed by atoms with van der Waals surface area (Å²) >= 11 is 0. The summed E-state index contributed by atoms with van der Waals surface area (Å²) in [4.78, 5) is 36.7. The molecule has 0 heterocycles. The molecule has 0 spiro atoms. The smallest absolute Gasteiger partial charge is 0.407 e. The van der Waals surface area contributed by atoms with E-state index in [1.165, 1.54) is 7.11 Å². The van der Waals surface area contributed by atoms with Crippen LogP contribution in [0.2, 0.25) is 0 Å². The van der Waals surface area contributed by atoms with Gasteiger partial charge in [-0.05, 0) is 38.5 Å². The van der Waals surface area contributed by atoms with Gasteiger partial charge >= 0.3 is 18.0 Å². The average Bonchev–Trinajstić information content (AvgIpc) is 2.62. The van der Waals surface area contributed by atoms with Crippen LogP contribution in [0.15, 0.2) is 24.3 Å². The molecule has 1 unspecified atom stereocenters. The van der Waals surface area contributed by atoms with Gasteiger partial charge in [0.15, 0.2) is 5.92 Å². The molecule has 0 aliphatic rings. The second-order valence-corrected chi connectivity index (χ2v) is 5.10. The van der Waals surface area contributed by atoms with Gasteiger partial charge in [0.1, 0.15) is 5.75 Å². The molecule has 0 aliphatic heterocycles. The summed E-state index contributed by atoms with van der Waals surface area (Å²) in [5.74, 6) is -2.35. The van der Waals surface area contributed by atoms with Crippen molar-refractivity contribution >= 4 is 18.0 Å². The first-order valence-corrected chi connectivity index (χ1v) is 8.38. The Kier molecular flexibility index (Phi) is 8.97. The summed E-state index contributed by atoms with van der Waals surface area (Å²) in [6.45, 7) is 5.22. The van der Waals surface area contributed by atoms with E-state index in [1.54, 1.807) is 45.0 Å². The zero-order valence-electron chi connectivity index (χ0n) is 15.4. The summed E-state index contributed by atoms with van der Waals surface area (Å²) < 4.78 is 20.0. The number of esters is 2. The highest BCUT2D eigenvalue weighted by molar-refractivity contribution is 5.96. The maximum atomic E-state index is 12.4. The molecule has 144 valence electrons. The molecule has 1 amide bonds. The first kappa shape index (κ1) is 21.3. The van der Waals surface area contributed by atoms with Gasteiger partial charge < -0.3 is 24.3 Å². The molecule has 1 N–H and O–H groups in total. The Bertz CT molecular complexity index is 582. The first-order valence-electron chi connectivity index (χ1n) is 8.38. The monoisotopic (exact) mass is 367 g/mol. The number of nitrogens with one attached hydrogen (secondary N) is 1. The molecule has 26 heavy (non-hydrogen) atoms. The Morgan fingerprint density at radius 1 is 0.885 bits per heavy atom. The van der Waals surface area contributed by atoms with E-state index in [1.807, 2.05) is 0 Å². The normalized spacial score (nSPS) is 11.4. The van der Waals surface area contributed by atoms with Crippen LogP contribution in [0.3, 0.4) is 0 Å². The Hall–Kier alpha value is -2.77. The molecule has 8 heteroatoms. The van der Waals surface area contributed by atoms with Crippen molar-refractivity contribution in [3.05, 3.63) is 29.8 Å². The van der Waals surface area contributed by atoms with Gasteiger partial charge in [-0.2, -0.15) is 0 Å². The van der Waals surface area contributed by atoms with Crippen molar-refractivity contribution in [2.75, 3.05) is 26.9 Å². The van der Waals surface area contributed by atoms with Gasteiger partial charge in [-0.25, -0.2) is 4.79 Å². The Balaban J connectivity index is 3.27. The van der Waals surface area contributed by atoms with Crippen LogP contribution < -0.4 is 10.1 Å². The predicted molar refractivity (Wildman–Crippen MR) is 92.6 cm³/mol. The Morgan fingerprint density at radius 2 is 1.38 bits per heavy atom. The SMILES string of the molecule is CCOC(=O)NC(c1ccc(OC)cc1)C(C(=O)OCC)C(=O)OCC. The van der Waals surface area contributed by atoms with Gasteiger partial charge in [-0.1, -0.05) is 12.1 Å². The molecule has 1 aromatic rings. The topological polar surface area (TPSA) is 100 Å². The lowest BCUT2D eigenvalue weighted by molar-refractivity contribution is -0.163. The van der Waals surface area contributed by atoms with E-state index in [9.17, 15) is 14.4 Å². The maximum absolute atomic E-state index is 12.4. The summed E-state index contributed by atoms with van der Waals surface area (Å²) in [7, 11) is 1.52. The van der Waals surface area contributed by atoms with Crippen LogP contribution in [0.4, 0.5) is 4.79 Å². The average molecular weight is 367 g/mol. The highest BCUT2D eigenvalue weighted by atomic mass is 16.6. The zero-order valence-corrected chi connectivity index (χ0v) is 15.4. The van der Waals surface area contributed by atoms with Crippen LogP contribution in [0, 0.1) is 5.92 Å². The minimum absolute atomic E-state index is 0.0868. The summed E-state index contributed by atoms with van der Waals surface area (Å²) in [5.41, 5.74) is 0.505. The number of alkyl carbamates (subject to hydrolysis) is 1. The highest BCUT2D eigenvalue weighted by Gasteiger charge is 2.39. The lowest BCUT2D eigenvalue weighted by Gasteiger charge is -2.25. The van der Waals surface area contributed by atoms with Crippen LogP contribution in [0.5, 0.6) is 5.75 Å². The number of ether oxygens (including phenoxy) is 4. The van der Waals surface area contributed by atoms with Gasteiger partial charge in [0, 0.05) is 0 Å². The van der Waals surface area contributed by atoms with Gasteiger partial charge in [0.2, 0.25) is 0 Å². The van der Waals surface area contributed by atoms with E-state index in [4.69, 9.17) is 18.9 Å². The van der Waals surface area contributed by atoms with Gasteiger partial charge in [0.05, 0.1) is 33.0 Å². The van der Waals surface area contributed by atoms with Crippen LogP contribution in [-0.2, 0) is 23.8 Å². The van der Waals surface area contributed by atoms with Crippen molar-refractivity contribution in [2.45, 2.75) is 26.8 Å². The fraction of sp³-hybridized carbons (Fsp3) is 0.500. The molecule has 1 rings (SSSR count). The number of amides is 1. The molecule has 0 radical (unpaired) electrons. The molecule has 0 saturated heterocycles. The number of methoxy groups -OCH3 is 1. The summed E-state index contributed by atoms with van der Waals surface area (Å²) in [5, 5.41) is 2.55. The largest absolute Gasteiger partial charge is 0.497 e. The van der Waals surface area contributed by atoms with Crippen molar-refractivity contribution in [2.24, 2.45) is 5.92 Å². The molecule has 8 nitrogen and oxygen atoms in total. The van der Waals surface area contributed by atoms with Crippen LogP contribution >= 0.6 is 0 Å². The summed E-state index contributed by atoms with van der Waals surface area (Å²) in [6, 6.07) is 5.58. The van der Waals surface area contributed by atoms with Crippen molar-refractivity contribution in [3.63, 3.8) is 0 Å². The van der Waals surface area contributed by atoms with E-state index in [-0.39, 0.29) is 19.8 Å². The minimum atomic E-state index is -1.37. The van der Waals surface area contributed by atoms with E-state index >= 15 is 0 Å². The molecule has 1 atom stereocenters. The van der Waals surface area contributed by atoms with E-state index in [0.717, 1.165) is 0 Å². The third-order valence-electron chi connectivity index (χ3n) is 3.44. The number of carbonyl (C=O) groups is 3. The number of hydrogen-bond acceptors (Lipinski definition) is 7. The predicted octanol–water partition coefficient (Wildman–Crippen LogP) is 2.22. The fourth-order valence-corrected chi connectivity index (χ4v) is 2.30. The summed E-state index contributed by atoms with van der Waals surface area (Å²) in [6.07, 6.45) is -0.757. The van der Waals surface area contributed by atoms with E-state index in [0.29, 0.717) is 11.3 Å². The van der Waals surface area contributed by atoms with Crippen molar-refractivity contribution < 1.29 is 33.3 Å². The lowest BCUT2D eigenvalue weighted by Crippen LogP contribution is -2.42. The second-order valence-electron chi connectivity index (χ2n) is 5.10. The quantitative estimate of drug-likeness (QED) is 0.406. The number of hydrogen-bond donors (Lipinski definition) is 1. The van der Waals surface area contributed by atoms with Gasteiger partial charge in [-0.15, -0.1) is 0 Å². The third kappa shape index (κ3) is 5.94. The molecule has 0 fully saturated rings. The fourth-order valence-electron chi connectivity index (χ4n) is 2.30. The molecule has 1 aromatic carbocycles. The molecule has 0 saturated carbocycles. The Labute approximate surface area is 152 Å². The molecule has 0 aromatic heterocycles. The van der Waals surface area contributed by atoms with Crippen LogP contribution in [0.25, 0.3) is 0 Å². The number of benzene rings is 1. The van der Waals surface area contributed by atoms with Crippen molar-refractivity contribution in [1.29, 1.82) is 0 Å². The molecular weight excluding hydrogens is 342 g/mol. The minimum Gasteiger partial charge on any atom is -0.497 e. The highest BCUT2D eigenvalue weighted by Crippen LogP contribution is 2.27. The molecule has 0 bridgehead atoms. The first-order chi connectivity index (χ1) is 12.5. The lowest BCUT2D eigenvalue weighted by atomic mass is 9.92. The maximum Gasteiger partial charge on any atom is 0.407 e. The van der Waals surface area contributed by atoms with E-state index in [2.05, 4.69) is 5.32 Å². The standard InChI is InChI=1S/C18H25NO7/c1-5-24-16(20)14(17(21)25-6-2)15(19-18(22)26-7-3)12-8-10-13(23-4)11-9-12/h8-11,14-15H,5-7H2,1-4H3,(H,19,22). The zero-order chi connectivity index (χ0) is 19.5. The van der Waals surface area contributed by atoms with Crippen molar-refractivity contribution in [3.8, 4) is 5.75 Å². The second kappa shape index (κ2) is 11.0. The van der Waals surface area contributed by atoms with Crippen LogP contribution in [0.1, 0.15) is 32.4 Å². The van der Waals surface area contributed by atoms with Crippen molar-refractivity contribution in [1.82, 2.24) is 5.32 Å². The van der Waals surface area contributed by atoms with Gasteiger partial charge in [0.25, 0.3) is 0 Å². The molecular formula is C18H25NO7.